The van der Waals surface area contributed by atoms with Gasteiger partial charge in [0, 0.05) is 24.5 Å². The van der Waals surface area contributed by atoms with Crippen molar-refractivity contribution < 1.29 is 4.79 Å². The number of hydrogen-bond acceptors (Lipinski definition) is 3. The Bertz CT molecular complexity index is 782. The van der Waals surface area contributed by atoms with Crippen LogP contribution in [0.3, 0.4) is 0 Å². The number of pyridine rings is 1. The fourth-order valence-electron chi connectivity index (χ4n) is 4.42. The molecule has 1 amide bonds. The Labute approximate surface area is 156 Å². The van der Waals surface area contributed by atoms with Crippen molar-refractivity contribution in [2.75, 3.05) is 18.0 Å². The summed E-state index contributed by atoms with van der Waals surface area (Å²) < 4.78 is 0. The van der Waals surface area contributed by atoms with E-state index in [1.54, 1.807) is 0 Å². The van der Waals surface area contributed by atoms with Gasteiger partial charge >= 0.3 is 0 Å². The Balaban J connectivity index is 1.66. The number of hydrogen-bond donors (Lipinski definition) is 1. The van der Waals surface area contributed by atoms with E-state index >= 15 is 0 Å². The van der Waals surface area contributed by atoms with Crippen LogP contribution in [0.4, 0.5) is 5.82 Å². The third-order valence-electron chi connectivity index (χ3n) is 5.87. The Kier molecular flexibility index (Phi) is 5.09. The molecule has 4 rings (SSSR count). The lowest BCUT2D eigenvalue weighted by molar-refractivity contribution is 0.0929. The lowest BCUT2D eigenvalue weighted by atomic mass is 9.95. The quantitative estimate of drug-likeness (QED) is 0.883. The molecule has 1 aliphatic heterocycles. The fourth-order valence-corrected chi connectivity index (χ4v) is 4.42. The van der Waals surface area contributed by atoms with Crippen LogP contribution in [-0.4, -0.2) is 30.0 Å². The van der Waals surface area contributed by atoms with Gasteiger partial charge in [-0.3, -0.25) is 4.79 Å². The molecule has 4 heteroatoms. The van der Waals surface area contributed by atoms with E-state index < -0.39 is 0 Å². The predicted octanol–water partition coefficient (Wildman–Crippen LogP) is 4.53. The number of amides is 1. The maximum atomic E-state index is 13.1. The van der Waals surface area contributed by atoms with Crippen LogP contribution in [0.1, 0.15) is 62.2 Å². The van der Waals surface area contributed by atoms with Gasteiger partial charge in [0.1, 0.15) is 5.82 Å². The number of carbonyl (C=O) groups excluding carboxylic acids is 1. The zero-order chi connectivity index (χ0) is 17.9. The minimum atomic E-state index is 0.0572. The maximum absolute atomic E-state index is 13.1. The first-order chi connectivity index (χ1) is 12.7. The molecular formula is C22H29N3O. The molecule has 2 heterocycles. The van der Waals surface area contributed by atoms with Crippen LogP contribution in [0.15, 0.2) is 30.3 Å². The summed E-state index contributed by atoms with van der Waals surface area (Å²) in [5, 5.41) is 4.23. The number of carbonyl (C=O) groups is 1. The van der Waals surface area contributed by atoms with Crippen molar-refractivity contribution in [3.05, 3.63) is 35.9 Å². The molecule has 4 nitrogen and oxygen atoms in total. The highest BCUT2D eigenvalue weighted by molar-refractivity contribution is 6.07. The first kappa shape index (κ1) is 17.3. The predicted molar refractivity (Wildman–Crippen MR) is 107 cm³/mol. The van der Waals surface area contributed by atoms with Crippen molar-refractivity contribution in [1.29, 1.82) is 0 Å². The molecule has 1 aliphatic carbocycles. The standard InChI is InChI=1S/C22H29N3O/c1-16-8-7-13-25(15-16)21-14-19(18-11-5-6-12-20(18)24-21)22(26)23-17-9-3-2-4-10-17/h5-6,11-12,14,16-17H,2-4,7-10,13,15H2,1H3,(H,23,26)/t16-/m1/s1. The minimum Gasteiger partial charge on any atom is -0.356 e. The second-order valence-corrected chi connectivity index (χ2v) is 8.05. The SMILES string of the molecule is C[C@@H]1CCCN(c2cc(C(=O)NC3CCCCC3)c3ccccc3n2)C1. The van der Waals surface area contributed by atoms with Crippen molar-refractivity contribution in [3.8, 4) is 0 Å². The molecule has 1 N–H and O–H groups in total. The summed E-state index contributed by atoms with van der Waals surface area (Å²) in [5.41, 5.74) is 1.69. The van der Waals surface area contributed by atoms with Gasteiger partial charge in [0.2, 0.25) is 0 Å². The molecule has 0 radical (unpaired) electrons. The smallest absolute Gasteiger partial charge is 0.252 e. The first-order valence-corrected chi connectivity index (χ1v) is 10.2. The monoisotopic (exact) mass is 351 g/mol. The minimum absolute atomic E-state index is 0.0572. The highest BCUT2D eigenvalue weighted by Crippen LogP contribution is 2.27. The number of para-hydroxylation sites is 1. The van der Waals surface area contributed by atoms with Crippen molar-refractivity contribution in [3.63, 3.8) is 0 Å². The molecule has 1 saturated heterocycles. The van der Waals surface area contributed by atoms with Gasteiger partial charge in [-0.25, -0.2) is 4.98 Å². The second-order valence-electron chi connectivity index (χ2n) is 8.05. The molecule has 1 aromatic carbocycles. The molecular weight excluding hydrogens is 322 g/mol. The van der Waals surface area contributed by atoms with Gasteiger partial charge < -0.3 is 10.2 Å². The van der Waals surface area contributed by atoms with E-state index in [2.05, 4.69) is 17.1 Å². The summed E-state index contributed by atoms with van der Waals surface area (Å²) in [5.74, 6) is 1.68. The van der Waals surface area contributed by atoms with E-state index in [0.717, 1.165) is 48.2 Å². The number of fused-ring (bicyclic) bond motifs is 1. The maximum Gasteiger partial charge on any atom is 0.252 e. The summed E-state index contributed by atoms with van der Waals surface area (Å²) in [6.07, 6.45) is 8.41. The van der Waals surface area contributed by atoms with Gasteiger partial charge in [-0.15, -0.1) is 0 Å². The number of aromatic nitrogens is 1. The molecule has 0 spiro atoms. The second kappa shape index (κ2) is 7.65. The Hall–Kier alpha value is -2.10. The van der Waals surface area contributed by atoms with Gasteiger partial charge in [-0.2, -0.15) is 0 Å². The molecule has 2 aliphatic rings. The third-order valence-corrected chi connectivity index (χ3v) is 5.87. The number of nitrogens with zero attached hydrogens (tertiary/aromatic N) is 2. The van der Waals surface area contributed by atoms with Crippen molar-refractivity contribution in [2.24, 2.45) is 5.92 Å². The lowest BCUT2D eigenvalue weighted by Crippen LogP contribution is -2.37. The zero-order valence-corrected chi connectivity index (χ0v) is 15.7. The van der Waals surface area contributed by atoms with E-state index in [9.17, 15) is 4.79 Å². The molecule has 2 fully saturated rings. The van der Waals surface area contributed by atoms with E-state index in [1.165, 1.54) is 32.1 Å². The molecule has 1 atom stereocenters. The van der Waals surface area contributed by atoms with Crippen LogP contribution in [0.5, 0.6) is 0 Å². The van der Waals surface area contributed by atoms with E-state index in [-0.39, 0.29) is 5.91 Å². The van der Waals surface area contributed by atoms with Crippen LogP contribution in [0.2, 0.25) is 0 Å². The zero-order valence-electron chi connectivity index (χ0n) is 15.7. The number of piperidine rings is 1. The number of benzene rings is 1. The average molecular weight is 351 g/mol. The first-order valence-electron chi connectivity index (χ1n) is 10.2. The van der Waals surface area contributed by atoms with Crippen LogP contribution in [0.25, 0.3) is 10.9 Å². The molecule has 138 valence electrons. The van der Waals surface area contributed by atoms with Gasteiger partial charge in [0.15, 0.2) is 0 Å². The normalized spacial score (nSPS) is 21.7. The molecule has 1 saturated carbocycles. The molecule has 26 heavy (non-hydrogen) atoms. The summed E-state index contributed by atoms with van der Waals surface area (Å²) in [6, 6.07) is 10.4. The van der Waals surface area contributed by atoms with Crippen LogP contribution in [0, 0.1) is 5.92 Å². The Morgan fingerprint density at radius 3 is 2.73 bits per heavy atom. The Morgan fingerprint density at radius 2 is 1.92 bits per heavy atom. The summed E-state index contributed by atoms with van der Waals surface area (Å²) in [6.45, 7) is 4.35. The molecule has 0 bridgehead atoms. The third kappa shape index (κ3) is 3.69. The number of anilines is 1. The summed E-state index contributed by atoms with van der Waals surface area (Å²) >= 11 is 0. The van der Waals surface area contributed by atoms with Crippen LogP contribution < -0.4 is 10.2 Å². The van der Waals surface area contributed by atoms with E-state index in [4.69, 9.17) is 4.98 Å². The van der Waals surface area contributed by atoms with Crippen molar-refractivity contribution in [1.82, 2.24) is 10.3 Å². The molecule has 2 aromatic rings. The lowest BCUT2D eigenvalue weighted by Gasteiger charge is -2.32. The molecule has 0 unspecified atom stereocenters. The number of rotatable bonds is 3. The summed E-state index contributed by atoms with van der Waals surface area (Å²) in [7, 11) is 0. The van der Waals surface area contributed by atoms with Crippen molar-refractivity contribution >= 4 is 22.6 Å². The highest BCUT2D eigenvalue weighted by Gasteiger charge is 2.22. The highest BCUT2D eigenvalue weighted by atomic mass is 16.1. The average Bonchev–Trinajstić information content (AvgIpc) is 2.68. The van der Waals surface area contributed by atoms with E-state index in [0.29, 0.717) is 12.0 Å². The fraction of sp³-hybridized carbons (Fsp3) is 0.545. The Morgan fingerprint density at radius 1 is 1.12 bits per heavy atom. The topological polar surface area (TPSA) is 45.2 Å². The van der Waals surface area contributed by atoms with E-state index in [1.807, 2.05) is 30.3 Å². The largest absolute Gasteiger partial charge is 0.356 e. The van der Waals surface area contributed by atoms with Crippen molar-refractivity contribution in [2.45, 2.75) is 57.9 Å². The summed E-state index contributed by atoms with van der Waals surface area (Å²) in [4.78, 5) is 20.3. The van der Waals surface area contributed by atoms with Gasteiger partial charge in [0.25, 0.3) is 5.91 Å². The van der Waals surface area contributed by atoms with Gasteiger partial charge in [-0.05, 0) is 43.7 Å². The number of nitrogens with one attached hydrogen (secondary N) is 1. The van der Waals surface area contributed by atoms with Gasteiger partial charge in [0.05, 0.1) is 11.1 Å². The van der Waals surface area contributed by atoms with Crippen LogP contribution >= 0.6 is 0 Å². The van der Waals surface area contributed by atoms with Crippen LogP contribution in [-0.2, 0) is 0 Å². The molecule has 1 aromatic heterocycles. The van der Waals surface area contributed by atoms with Gasteiger partial charge in [-0.1, -0.05) is 44.4 Å².